The van der Waals surface area contributed by atoms with Gasteiger partial charge in [0.25, 0.3) is 0 Å². The molecule has 0 spiro atoms. The number of fused-ring (bicyclic) bond motifs is 1. The maximum absolute atomic E-state index is 14.1. The maximum Gasteiger partial charge on any atom is 0.169 e. The number of furan rings is 1. The Labute approximate surface area is 187 Å². The molecule has 0 aliphatic carbocycles. The van der Waals surface area contributed by atoms with Crippen LogP contribution in [0.5, 0.6) is 11.5 Å². The zero-order chi connectivity index (χ0) is 22.9. The molecule has 0 N–H and O–H groups in total. The van der Waals surface area contributed by atoms with Gasteiger partial charge in [0, 0.05) is 17.2 Å². The summed E-state index contributed by atoms with van der Waals surface area (Å²) in [6.07, 6.45) is 4.85. The van der Waals surface area contributed by atoms with E-state index in [0.29, 0.717) is 35.2 Å². The van der Waals surface area contributed by atoms with Crippen LogP contribution in [-0.2, 0) is 6.54 Å². The summed E-state index contributed by atoms with van der Waals surface area (Å²) in [7, 11) is 3.19. The molecule has 0 unspecified atom stereocenters. The lowest BCUT2D eigenvalue weighted by molar-refractivity contribution is 0.395. The van der Waals surface area contributed by atoms with Crippen LogP contribution >= 0.6 is 0 Å². The lowest BCUT2D eigenvalue weighted by atomic mass is 10.1. The Morgan fingerprint density at radius 1 is 0.970 bits per heavy atom. The zero-order valence-electron chi connectivity index (χ0n) is 17.8. The second-order valence-corrected chi connectivity index (χ2v) is 7.26. The fraction of sp³-hybridized carbons (Fsp3) is 0.125. The first-order valence-electron chi connectivity index (χ1n) is 10.00. The van der Waals surface area contributed by atoms with Crippen LogP contribution in [0.3, 0.4) is 0 Å². The number of hydrogen-bond acceptors (Lipinski definition) is 6. The fourth-order valence-corrected chi connectivity index (χ4v) is 3.55. The van der Waals surface area contributed by atoms with Crippen LogP contribution in [-0.4, -0.2) is 34.0 Å². The van der Waals surface area contributed by atoms with Crippen LogP contribution in [0.1, 0.15) is 5.76 Å². The molecule has 0 atom stereocenters. The summed E-state index contributed by atoms with van der Waals surface area (Å²) in [5.41, 5.74) is 2.70. The second-order valence-electron chi connectivity index (χ2n) is 7.26. The average Bonchev–Trinajstić information content (AvgIpc) is 3.47. The molecule has 2 aromatic carbocycles. The van der Waals surface area contributed by atoms with Gasteiger partial charge < -0.3 is 13.9 Å². The Hall–Kier alpha value is -4.27. The number of aromatic nitrogens is 4. The minimum Gasteiger partial charge on any atom is -0.497 e. The number of imidazole rings is 1. The summed E-state index contributed by atoms with van der Waals surface area (Å²) in [5.74, 6) is 0.199. The van der Waals surface area contributed by atoms with Crippen molar-refractivity contribution in [2.45, 2.75) is 6.54 Å². The van der Waals surface area contributed by atoms with Gasteiger partial charge >= 0.3 is 0 Å². The van der Waals surface area contributed by atoms with Gasteiger partial charge in [0.15, 0.2) is 17.5 Å². The second kappa shape index (κ2) is 8.34. The molecule has 3 heterocycles. The monoisotopic (exact) mass is 448 g/mol. The lowest BCUT2D eigenvalue weighted by Gasteiger charge is -2.08. The summed E-state index contributed by atoms with van der Waals surface area (Å²) < 4.78 is 45.7. The topological polar surface area (TPSA) is 75.2 Å². The van der Waals surface area contributed by atoms with Gasteiger partial charge in [-0.3, -0.25) is 4.68 Å². The van der Waals surface area contributed by atoms with Crippen LogP contribution in [0.15, 0.2) is 65.5 Å². The van der Waals surface area contributed by atoms with Gasteiger partial charge in [0.05, 0.1) is 45.0 Å². The van der Waals surface area contributed by atoms with E-state index < -0.39 is 11.6 Å². The van der Waals surface area contributed by atoms with Crippen molar-refractivity contribution in [3.8, 4) is 45.4 Å². The molecule has 166 valence electrons. The first-order valence-corrected chi connectivity index (χ1v) is 10.00. The predicted octanol–water partition coefficient (Wildman–Crippen LogP) is 5.05. The number of nitrogens with zero attached hydrogens (tertiary/aromatic N) is 4. The maximum atomic E-state index is 14.1. The highest BCUT2D eigenvalue weighted by Crippen LogP contribution is 2.34. The van der Waals surface area contributed by atoms with E-state index >= 15 is 0 Å². The number of rotatable bonds is 6. The highest BCUT2D eigenvalue weighted by Gasteiger charge is 2.18. The predicted molar refractivity (Wildman–Crippen MR) is 116 cm³/mol. The Balaban J connectivity index is 1.41. The molecule has 1 aromatic heterocycles. The summed E-state index contributed by atoms with van der Waals surface area (Å²) in [6, 6.07) is 11.4. The van der Waals surface area contributed by atoms with Crippen molar-refractivity contribution in [1.29, 1.82) is 0 Å². The van der Waals surface area contributed by atoms with Crippen LogP contribution in [0.25, 0.3) is 33.9 Å². The van der Waals surface area contributed by atoms with E-state index in [1.807, 2.05) is 18.2 Å². The van der Waals surface area contributed by atoms with Crippen molar-refractivity contribution in [2.24, 2.45) is 0 Å². The van der Waals surface area contributed by atoms with E-state index in [9.17, 15) is 8.78 Å². The Bertz CT molecular complexity index is 1410. The van der Waals surface area contributed by atoms with Crippen LogP contribution in [0.2, 0.25) is 0 Å². The summed E-state index contributed by atoms with van der Waals surface area (Å²) in [6.45, 7) is 0.338. The molecule has 7 nitrogen and oxygen atoms in total. The van der Waals surface area contributed by atoms with E-state index in [-0.39, 0.29) is 11.4 Å². The van der Waals surface area contributed by atoms with E-state index in [1.165, 1.54) is 18.3 Å². The fourth-order valence-electron chi connectivity index (χ4n) is 3.55. The van der Waals surface area contributed by atoms with Gasteiger partial charge in [-0.2, -0.15) is 5.10 Å². The molecule has 0 amide bonds. The third kappa shape index (κ3) is 3.89. The molecule has 0 radical (unpaired) electrons. The van der Waals surface area contributed by atoms with Crippen LogP contribution < -0.4 is 9.47 Å². The highest BCUT2D eigenvalue weighted by molar-refractivity contribution is 5.71. The molecule has 0 saturated carbocycles. The first-order chi connectivity index (χ1) is 16.1. The van der Waals surface area contributed by atoms with E-state index in [4.69, 9.17) is 13.9 Å². The smallest absolute Gasteiger partial charge is 0.169 e. The lowest BCUT2D eigenvalue weighted by Crippen LogP contribution is -2.04. The summed E-state index contributed by atoms with van der Waals surface area (Å²) >= 11 is 0. The van der Waals surface area contributed by atoms with Gasteiger partial charge in [-0.15, -0.1) is 0 Å². The van der Waals surface area contributed by atoms with Crippen molar-refractivity contribution < 1.29 is 22.7 Å². The SMILES string of the molecule is COc1ccc(-c2coc(Cn3cc4nc(-c5cccc(F)c5F)nc-4cn3)c2)c(OC)c1. The van der Waals surface area contributed by atoms with Gasteiger partial charge in [0.1, 0.15) is 28.6 Å². The van der Waals surface area contributed by atoms with Gasteiger partial charge in [-0.1, -0.05) is 6.07 Å². The highest BCUT2D eigenvalue weighted by atomic mass is 19.2. The van der Waals surface area contributed by atoms with Crippen LogP contribution in [0.4, 0.5) is 8.78 Å². The van der Waals surface area contributed by atoms with Crippen molar-refractivity contribution in [1.82, 2.24) is 19.7 Å². The molecule has 2 aliphatic rings. The van der Waals surface area contributed by atoms with Gasteiger partial charge in [-0.05, 0) is 30.3 Å². The number of hydrogen-bond donors (Lipinski definition) is 0. The summed E-state index contributed by atoms with van der Waals surface area (Å²) in [4.78, 5) is 8.61. The molecule has 0 fully saturated rings. The molecule has 2 aliphatic heterocycles. The molecule has 0 saturated heterocycles. The number of methoxy groups -OCH3 is 2. The zero-order valence-corrected chi connectivity index (χ0v) is 17.8. The summed E-state index contributed by atoms with van der Waals surface area (Å²) in [5, 5.41) is 4.33. The van der Waals surface area contributed by atoms with Crippen molar-refractivity contribution in [3.63, 3.8) is 0 Å². The molecule has 33 heavy (non-hydrogen) atoms. The molecule has 0 bridgehead atoms. The third-order valence-corrected chi connectivity index (χ3v) is 5.20. The quantitative estimate of drug-likeness (QED) is 0.362. The Kier molecular flexibility index (Phi) is 5.21. The van der Waals surface area contributed by atoms with Gasteiger partial charge in [-0.25, -0.2) is 18.7 Å². The molecule has 5 rings (SSSR count). The normalized spacial score (nSPS) is 11.2. The van der Waals surface area contributed by atoms with Gasteiger partial charge in [0.2, 0.25) is 0 Å². The van der Waals surface area contributed by atoms with Crippen molar-refractivity contribution in [2.75, 3.05) is 14.2 Å². The van der Waals surface area contributed by atoms with E-state index in [0.717, 1.165) is 17.2 Å². The Morgan fingerprint density at radius 2 is 1.82 bits per heavy atom. The molecular formula is C24H18F2N4O3. The van der Waals surface area contributed by atoms with E-state index in [1.54, 1.807) is 37.4 Å². The minimum absolute atomic E-state index is 0.00173. The molecule has 3 aromatic rings. The number of ether oxygens (including phenoxy) is 2. The molecular weight excluding hydrogens is 430 g/mol. The Morgan fingerprint density at radius 3 is 2.64 bits per heavy atom. The van der Waals surface area contributed by atoms with E-state index in [2.05, 4.69) is 15.1 Å². The minimum atomic E-state index is -0.981. The van der Waals surface area contributed by atoms with Crippen molar-refractivity contribution >= 4 is 0 Å². The first kappa shape index (κ1) is 20.6. The largest absolute Gasteiger partial charge is 0.497 e. The number of halogens is 2. The average molecular weight is 448 g/mol. The molecule has 9 heteroatoms. The standard InChI is InChI=1S/C24H18F2N4O3/c1-31-15-6-7-17(22(9-15)32-2)14-8-16(33-13-14)11-30-12-21-20(10-27-30)28-24(29-21)18-4-3-5-19(25)23(18)26/h3-10,12-13H,11H2,1-2H3. The third-order valence-electron chi connectivity index (χ3n) is 5.20. The number of benzene rings is 2. The van der Waals surface area contributed by atoms with Crippen molar-refractivity contribution in [3.05, 3.63) is 78.5 Å². The van der Waals surface area contributed by atoms with Crippen LogP contribution in [0, 0.1) is 11.6 Å².